The average molecular weight is 589 g/mol. The first kappa shape index (κ1) is 46.8. The first-order chi connectivity index (χ1) is 17.7. The monoisotopic (exact) mass is 589 g/mol. The maximum atomic E-state index is 11.8. The number of ether oxygens (including phenoxy) is 2. The Morgan fingerprint density at radius 2 is 0.902 bits per heavy atom. The smallest absolute Gasteiger partial charge is 0.311 e. The summed E-state index contributed by atoms with van der Waals surface area (Å²) >= 11 is 0. The molecule has 2 aliphatic heterocycles. The van der Waals surface area contributed by atoms with Crippen molar-refractivity contribution in [2.24, 2.45) is 16.7 Å². The molecule has 0 aromatic heterocycles. The summed E-state index contributed by atoms with van der Waals surface area (Å²) in [6.45, 7) is 37.7. The SMILES string of the molecule is C.C.CC.CC.CC(C)(C)C(=O)OC1CCN(C(C)(C)C)CC1.CC(C)(C)C(=O)OCC1CCN(C(C)(C)C)CC1. The van der Waals surface area contributed by atoms with Gasteiger partial charge in [0.1, 0.15) is 6.10 Å². The highest BCUT2D eigenvalue weighted by Crippen LogP contribution is 2.26. The van der Waals surface area contributed by atoms with E-state index in [0.29, 0.717) is 12.5 Å². The molecule has 250 valence electrons. The second-order valence-electron chi connectivity index (χ2n) is 14.5. The number of rotatable bonds is 3. The van der Waals surface area contributed by atoms with Gasteiger partial charge in [-0.25, -0.2) is 0 Å². The molecular formula is C35H76N2O4. The Labute approximate surface area is 258 Å². The van der Waals surface area contributed by atoms with Gasteiger partial charge in [0, 0.05) is 24.2 Å². The Balaban J connectivity index is -0.000000285. The number of esters is 2. The van der Waals surface area contributed by atoms with Crippen LogP contribution < -0.4 is 0 Å². The molecule has 2 heterocycles. The summed E-state index contributed by atoms with van der Waals surface area (Å²) in [4.78, 5) is 28.4. The van der Waals surface area contributed by atoms with Crippen molar-refractivity contribution in [2.75, 3.05) is 32.8 Å². The van der Waals surface area contributed by atoms with Crippen LogP contribution in [0.5, 0.6) is 0 Å². The maximum Gasteiger partial charge on any atom is 0.311 e. The van der Waals surface area contributed by atoms with Crippen LogP contribution in [-0.4, -0.2) is 71.7 Å². The van der Waals surface area contributed by atoms with E-state index >= 15 is 0 Å². The fourth-order valence-corrected chi connectivity index (χ4v) is 4.15. The second kappa shape index (κ2) is 20.7. The van der Waals surface area contributed by atoms with Crippen LogP contribution in [0.2, 0.25) is 0 Å². The topological polar surface area (TPSA) is 59.1 Å². The van der Waals surface area contributed by atoms with E-state index < -0.39 is 0 Å². The molecule has 0 N–H and O–H groups in total. The van der Waals surface area contributed by atoms with Gasteiger partial charge < -0.3 is 9.47 Å². The van der Waals surface area contributed by atoms with Crippen LogP contribution in [-0.2, 0) is 19.1 Å². The zero-order valence-electron chi connectivity index (χ0n) is 29.0. The lowest BCUT2D eigenvalue weighted by Gasteiger charge is -2.40. The Hall–Kier alpha value is -1.14. The summed E-state index contributed by atoms with van der Waals surface area (Å²) in [5, 5.41) is 0. The Kier molecular flexibility index (Phi) is 23.6. The summed E-state index contributed by atoms with van der Waals surface area (Å²) in [7, 11) is 0. The van der Waals surface area contributed by atoms with Crippen LogP contribution in [0.25, 0.3) is 0 Å². The van der Waals surface area contributed by atoms with Crippen molar-refractivity contribution in [2.45, 2.75) is 168 Å². The Bertz CT molecular complexity index is 662. The van der Waals surface area contributed by atoms with Gasteiger partial charge in [-0.05, 0) is 128 Å². The first-order valence-electron chi connectivity index (χ1n) is 15.6. The zero-order valence-corrected chi connectivity index (χ0v) is 29.0. The number of likely N-dealkylation sites (tertiary alicyclic amines) is 2. The molecule has 2 saturated heterocycles. The van der Waals surface area contributed by atoms with Crippen molar-refractivity contribution < 1.29 is 19.1 Å². The lowest BCUT2D eigenvalue weighted by Crippen LogP contribution is -2.48. The van der Waals surface area contributed by atoms with Gasteiger partial charge in [0.15, 0.2) is 0 Å². The van der Waals surface area contributed by atoms with Crippen LogP contribution in [0.4, 0.5) is 0 Å². The summed E-state index contributed by atoms with van der Waals surface area (Å²) in [5.74, 6) is 0.377. The third kappa shape index (κ3) is 19.6. The van der Waals surface area contributed by atoms with E-state index in [-0.39, 0.29) is 54.8 Å². The summed E-state index contributed by atoms with van der Waals surface area (Å²) in [5.41, 5.74) is -0.292. The van der Waals surface area contributed by atoms with Crippen molar-refractivity contribution in [3.63, 3.8) is 0 Å². The molecule has 0 atom stereocenters. The van der Waals surface area contributed by atoms with Crippen LogP contribution in [0, 0.1) is 16.7 Å². The lowest BCUT2D eigenvalue weighted by molar-refractivity contribution is -0.161. The number of carbonyl (C=O) groups excluding carboxylic acids is 2. The van der Waals surface area contributed by atoms with Gasteiger partial charge in [-0.15, -0.1) is 0 Å². The van der Waals surface area contributed by atoms with Crippen LogP contribution in [0.1, 0.15) is 151 Å². The van der Waals surface area contributed by atoms with E-state index in [4.69, 9.17) is 9.47 Å². The molecule has 0 aromatic rings. The lowest BCUT2D eigenvalue weighted by atomic mass is 9.93. The Morgan fingerprint density at radius 3 is 1.20 bits per heavy atom. The number of hydrogen-bond donors (Lipinski definition) is 0. The molecule has 0 radical (unpaired) electrons. The molecule has 0 bridgehead atoms. The summed E-state index contributed by atoms with van der Waals surface area (Å²) in [6, 6.07) is 0. The van der Waals surface area contributed by atoms with Crippen LogP contribution in [0.3, 0.4) is 0 Å². The number of piperidine rings is 2. The molecule has 6 nitrogen and oxygen atoms in total. The molecule has 0 spiro atoms. The fraction of sp³-hybridized carbons (Fsp3) is 0.943. The molecule has 0 aliphatic carbocycles. The zero-order chi connectivity index (χ0) is 31.2. The van der Waals surface area contributed by atoms with Crippen LogP contribution >= 0.6 is 0 Å². The van der Waals surface area contributed by atoms with Gasteiger partial charge in [-0.2, -0.15) is 0 Å². The van der Waals surface area contributed by atoms with Crippen molar-refractivity contribution in [1.29, 1.82) is 0 Å². The van der Waals surface area contributed by atoms with Gasteiger partial charge in [-0.1, -0.05) is 42.5 Å². The minimum atomic E-state index is -0.388. The predicted molar refractivity (Wildman–Crippen MR) is 181 cm³/mol. The van der Waals surface area contributed by atoms with E-state index in [2.05, 4.69) is 51.3 Å². The predicted octanol–water partition coefficient (Wildman–Crippen LogP) is 9.25. The fourth-order valence-electron chi connectivity index (χ4n) is 4.15. The standard InChI is InChI=1S/C15H29NO2.C14H27NO2.2C2H6.2CH4/c1-14(2,3)13(17)18-11-12-7-9-16(10-8-12)15(4,5)6;1-13(2,3)12(16)17-11-7-9-15(10-8-11)14(4,5)6;2*1-2;;/h12H,7-11H2,1-6H3;11H,7-10H2,1-6H3;2*1-2H3;2*1H4. The van der Waals surface area contributed by atoms with Crippen molar-refractivity contribution >= 4 is 11.9 Å². The molecular weight excluding hydrogens is 512 g/mol. The number of carbonyl (C=O) groups is 2. The van der Waals surface area contributed by atoms with E-state index in [1.54, 1.807) is 0 Å². The highest BCUT2D eigenvalue weighted by Gasteiger charge is 2.32. The first-order valence-corrected chi connectivity index (χ1v) is 15.6. The minimum Gasteiger partial charge on any atom is -0.465 e. The molecule has 6 heteroatoms. The summed E-state index contributed by atoms with van der Waals surface area (Å²) in [6.07, 6.45) is 4.29. The average Bonchev–Trinajstić information content (AvgIpc) is 2.84. The van der Waals surface area contributed by atoms with Gasteiger partial charge >= 0.3 is 11.9 Å². The van der Waals surface area contributed by atoms with E-state index in [9.17, 15) is 9.59 Å². The maximum absolute atomic E-state index is 11.8. The van der Waals surface area contributed by atoms with Gasteiger partial charge in [0.25, 0.3) is 0 Å². The molecule has 0 aromatic carbocycles. The highest BCUT2D eigenvalue weighted by atomic mass is 16.5. The van der Waals surface area contributed by atoms with E-state index in [0.717, 1.165) is 51.9 Å². The van der Waals surface area contributed by atoms with Crippen molar-refractivity contribution in [1.82, 2.24) is 9.80 Å². The summed E-state index contributed by atoms with van der Waals surface area (Å²) < 4.78 is 11.0. The number of hydrogen-bond acceptors (Lipinski definition) is 6. The quantitative estimate of drug-likeness (QED) is 0.306. The molecule has 0 amide bonds. The Morgan fingerprint density at radius 1 is 0.585 bits per heavy atom. The molecule has 2 fully saturated rings. The molecule has 0 unspecified atom stereocenters. The number of nitrogens with zero attached hydrogens (tertiary/aromatic N) is 2. The molecule has 41 heavy (non-hydrogen) atoms. The molecule has 2 rings (SSSR count). The minimum absolute atomic E-state index is 0. The van der Waals surface area contributed by atoms with E-state index in [1.165, 1.54) is 0 Å². The molecule has 0 saturated carbocycles. The van der Waals surface area contributed by atoms with Crippen molar-refractivity contribution in [3.8, 4) is 0 Å². The third-order valence-corrected chi connectivity index (χ3v) is 6.90. The van der Waals surface area contributed by atoms with E-state index in [1.807, 2.05) is 69.2 Å². The van der Waals surface area contributed by atoms with Gasteiger partial charge in [0.05, 0.1) is 17.4 Å². The normalized spacial score (nSPS) is 17.5. The largest absolute Gasteiger partial charge is 0.465 e. The highest BCUT2D eigenvalue weighted by molar-refractivity contribution is 5.75. The van der Waals surface area contributed by atoms with Gasteiger partial charge in [0.2, 0.25) is 0 Å². The molecule has 2 aliphatic rings. The second-order valence-corrected chi connectivity index (χ2v) is 14.5. The van der Waals surface area contributed by atoms with Crippen LogP contribution in [0.15, 0.2) is 0 Å². The third-order valence-electron chi connectivity index (χ3n) is 6.90. The van der Waals surface area contributed by atoms with Gasteiger partial charge in [-0.3, -0.25) is 19.4 Å². The van der Waals surface area contributed by atoms with Crippen molar-refractivity contribution in [3.05, 3.63) is 0 Å².